The maximum atomic E-state index is 13.4. The third-order valence-corrected chi connectivity index (χ3v) is 7.65. The van der Waals surface area contributed by atoms with Crippen molar-refractivity contribution in [1.29, 1.82) is 0 Å². The molecule has 0 radical (unpaired) electrons. The quantitative estimate of drug-likeness (QED) is 0.113. The van der Waals surface area contributed by atoms with Crippen molar-refractivity contribution in [2.75, 3.05) is 30.1 Å². The number of amides is 3. The summed E-state index contributed by atoms with van der Waals surface area (Å²) in [6, 6.07) is 26.4. The molecule has 3 amide bonds. The molecule has 226 valence electrons. The Morgan fingerprint density at radius 3 is 2.36 bits per heavy atom. The molecule has 3 N–H and O–H groups in total. The Bertz CT molecular complexity index is 1660. The number of thioether (sulfide) groups is 1. The summed E-state index contributed by atoms with van der Waals surface area (Å²) in [5.41, 5.74) is 3.03. The first-order valence-corrected chi connectivity index (χ1v) is 15.1. The lowest BCUT2D eigenvalue weighted by molar-refractivity contribution is -0.114. The molecule has 0 fully saturated rings. The van der Waals surface area contributed by atoms with Gasteiger partial charge in [0.25, 0.3) is 11.8 Å². The van der Waals surface area contributed by atoms with Gasteiger partial charge in [-0.2, -0.15) is 0 Å². The van der Waals surface area contributed by atoms with Crippen LogP contribution < -0.4 is 25.4 Å². The number of carbonyl (C=O) groups excluding carboxylic acids is 3. The highest BCUT2D eigenvalue weighted by Crippen LogP contribution is 2.31. The first kappa shape index (κ1) is 32.2. The molecule has 4 aromatic carbocycles. The average Bonchev–Trinajstić information content (AvgIpc) is 3.03. The lowest BCUT2D eigenvalue weighted by Gasteiger charge is -2.13. The molecule has 0 unspecified atom stereocenters. The topological polar surface area (TPSA) is 106 Å². The number of halogens is 1. The molecule has 0 aliphatic rings. The molecule has 0 saturated carbocycles. The zero-order valence-electron chi connectivity index (χ0n) is 24.5. The fourth-order valence-corrected chi connectivity index (χ4v) is 4.97. The molecule has 8 nitrogen and oxygen atoms in total. The van der Waals surface area contributed by atoms with E-state index >= 15 is 0 Å². The molecule has 0 aromatic heterocycles. The van der Waals surface area contributed by atoms with Gasteiger partial charge in [0.2, 0.25) is 5.91 Å². The normalized spacial score (nSPS) is 11.0. The third kappa shape index (κ3) is 9.13. The summed E-state index contributed by atoms with van der Waals surface area (Å²) in [5, 5.41) is 9.00. The molecule has 0 aliphatic carbocycles. The van der Waals surface area contributed by atoms with Crippen molar-refractivity contribution in [1.82, 2.24) is 5.32 Å². The summed E-state index contributed by atoms with van der Waals surface area (Å²) in [7, 11) is 1.51. The molecule has 0 spiro atoms. The van der Waals surface area contributed by atoms with E-state index in [4.69, 9.17) is 21.1 Å². The number of carbonyl (C=O) groups is 3. The van der Waals surface area contributed by atoms with Crippen LogP contribution in [0.5, 0.6) is 11.5 Å². The van der Waals surface area contributed by atoms with E-state index in [1.54, 1.807) is 84.9 Å². The summed E-state index contributed by atoms with van der Waals surface area (Å²) in [6.07, 6.45) is 1.60. The van der Waals surface area contributed by atoms with Crippen molar-refractivity contribution in [3.63, 3.8) is 0 Å². The van der Waals surface area contributed by atoms with Crippen LogP contribution in [-0.2, 0) is 9.59 Å². The zero-order valence-corrected chi connectivity index (χ0v) is 26.1. The van der Waals surface area contributed by atoms with Crippen LogP contribution in [-0.4, -0.2) is 37.2 Å². The van der Waals surface area contributed by atoms with E-state index in [0.717, 1.165) is 10.5 Å². The molecule has 10 heteroatoms. The predicted molar refractivity (Wildman–Crippen MR) is 177 cm³/mol. The second-order valence-corrected chi connectivity index (χ2v) is 11.0. The summed E-state index contributed by atoms with van der Waals surface area (Å²) >= 11 is 7.47. The largest absolute Gasteiger partial charge is 0.495 e. The summed E-state index contributed by atoms with van der Waals surface area (Å²) in [6.45, 7) is 4.28. The summed E-state index contributed by atoms with van der Waals surface area (Å²) in [4.78, 5) is 39.9. The van der Waals surface area contributed by atoms with Crippen molar-refractivity contribution < 1.29 is 23.9 Å². The van der Waals surface area contributed by atoms with E-state index in [9.17, 15) is 14.4 Å². The SMILES string of the molecule is CCOc1ccc(/C=C(/NC(=O)c2ccccc2)C(=O)Nc2cccc(SCC(=O)Nc3cc(C)c(Cl)cc3OC)c2)cc1. The second kappa shape index (κ2) is 15.7. The van der Waals surface area contributed by atoms with Crippen molar-refractivity contribution >= 4 is 58.5 Å². The van der Waals surface area contributed by atoms with Gasteiger partial charge in [-0.05, 0) is 79.6 Å². The molecule has 0 atom stereocenters. The minimum absolute atomic E-state index is 0.0626. The van der Waals surface area contributed by atoms with Crippen LogP contribution in [0.1, 0.15) is 28.4 Å². The molecular formula is C34H32ClN3O5S. The zero-order chi connectivity index (χ0) is 31.5. The number of methoxy groups -OCH3 is 1. The average molecular weight is 630 g/mol. The maximum Gasteiger partial charge on any atom is 0.272 e. The van der Waals surface area contributed by atoms with Crippen molar-refractivity contribution in [2.24, 2.45) is 0 Å². The van der Waals surface area contributed by atoms with Crippen LogP contribution in [0, 0.1) is 6.92 Å². The fourth-order valence-electron chi connectivity index (χ4n) is 4.06. The van der Waals surface area contributed by atoms with Gasteiger partial charge in [-0.3, -0.25) is 14.4 Å². The summed E-state index contributed by atoms with van der Waals surface area (Å²) in [5.74, 6) is 0.146. The van der Waals surface area contributed by atoms with Crippen molar-refractivity contribution in [2.45, 2.75) is 18.7 Å². The van der Waals surface area contributed by atoms with Crippen LogP contribution in [0.3, 0.4) is 0 Å². The Balaban J connectivity index is 1.46. The summed E-state index contributed by atoms with van der Waals surface area (Å²) < 4.78 is 10.8. The fraction of sp³-hybridized carbons (Fsp3) is 0.147. The smallest absolute Gasteiger partial charge is 0.272 e. The molecule has 0 saturated heterocycles. The van der Waals surface area contributed by atoms with E-state index in [1.807, 2.05) is 26.0 Å². The monoisotopic (exact) mass is 629 g/mol. The van der Waals surface area contributed by atoms with Gasteiger partial charge in [-0.1, -0.05) is 48.0 Å². The molecule has 4 aromatic rings. The van der Waals surface area contributed by atoms with E-state index in [2.05, 4.69) is 16.0 Å². The molecule has 4 rings (SSSR count). The number of hydrogen-bond donors (Lipinski definition) is 3. The lowest BCUT2D eigenvalue weighted by atomic mass is 10.1. The van der Waals surface area contributed by atoms with Gasteiger partial charge in [-0.25, -0.2) is 0 Å². The predicted octanol–water partition coefficient (Wildman–Crippen LogP) is 7.20. The Morgan fingerprint density at radius 1 is 0.909 bits per heavy atom. The number of ether oxygens (including phenoxy) is 2. The molecular weight excluding hydrogens is 598 g/mol. The lowest BCUT2D eigenvalue weighted by Crippen LogP contribution is -2.30. The van der Waals surface area contributed by atoms with E-state index < -0.39 is 11.8 Å². The number of anilines is 2. The Labute approximate surface area is 265 Å². The first-order chi connectivity index (χ1) is 21.2. The molecule has 0 aliphatic heterocycles. The van der Waals surface area contributed by atoms with Crippen LogP contribution in [0.15, 0.2) is 102 Å². The third-order valence-electron chi connectivity index (χ3n) is 6.25. The van der Waals surface area contributed by atoms with Gasteiger partial charge in [0.1, 0.15) is 17.2 Å². The van der Waals surface area contributed by atoms with Crippen molar-refractivity contribution in [3.05, 3.63) is 118 Å². The minimum Gasteiger partial charge on any atom is -0.495 e. The number of nitrogens with one attached hydrogen (secondary N) is 3. The maximum absolute atomic E-state index is 13.4. The van der Waals surface area contributed by atoms with Gasteiger partial charge < -0.3 is 25.4 Å². The highest BCUT2D eigenvalue weighted by atomic mass is 35.5. The minimum atomic E-state index is -0.506. The number of rotatable bonds is 12. The molecule has 0 bridgehead atoms. The standard InChI is InChI=1S/C34H32ClN3O5S/c1-4-43-26-15-13-23(14-16-26)18-30(38-33(40)24-9-6-5-7-10-24)34(41)36-25-11-8-12-27(19-25)44-21-32(39)37-29-17-22(2)28(35)20-31(29)42-3/h5-20H,4,21H2,1-3H3,(H,36,41)(H,37,39)(H,38,40)/b30-18+. The van der Waals surface area contributed by atoms with Gasteiger partial charge in [0.05, 0.1) is 25.2 Å². The number of hydrogen-bond acceptors (Lipinski definition) is 6. The van der Waals surface area contributed by atoms with Gasteiger partial charge in [0, 0.05) is 27.2 Å². The molecule has 0 heterocycles. The highest BCUT2D eigenvalue weighted by molar-refractivity contribution is 8.00. The molecule has 44 heavy (non-hydrogen) atoms. The first-order valence-electron chi connectivity index (χ1n) is 13.7. The second-order valence-electron chi connectivity index (χ2n) is 9.50. The van der Waals surface area contributed by atoms with E-state index in [-0.39, 0.29) is 17.4 Å². The van der Waals surface area contributed by atoms with Crippen molar-refractivity contribution in [3.8, 4) is 11.5 Å². The van der Waals surface area contributed by atoms with E-state index in [1.165, 1.54) is 18.9 Å². The van der Waals surface area contributed by atoms with Crippen LogP contribution in [0.2, 0.25) is 5.02 Å². The highest BCUT2D eigenvalue weighted by Gasteiger charge is 2.16. The number of aryl methyl sites for hydroxylation is 1. The van der Waals surface area contributed by atoms with Crippen LogP contribution in [0.25, 0.3) is 6.08 Å². The van der Waals surface area contributed by atoms with Gasteiger partial charge >= 0.3 is 0 Å². The van der Waals surface area contributed by atoms with Gasteiger partial charge in [0.15, 0.2) is 0 Å². The van der Waals surface area contributed by atoms with Crippen LogP contribution >= 0.6 is 23.4 Å². The Hall–Kier alpha value is -4.73. The van der Waals surface area contributed by atoms with E-state index in [0.29, 0.717) is 45.6 Å². The number of benzene rings is 4. The van der Waals surface area contributed by atoms with Gasteiger partial charge in [-0.15, -0.1) is 11.8 Å². The Morgan fingerprint density at radius 2 is 1.66 bits per heavy atom. The Kier molecular flexibility index (Phi) is 11.5. The van der Waals surface area contributed by atoms with Crippen LogP contribution in [0.4, 0.5) is 11.4 Å².